The van der Waals surface area contributed by atoms with Gasteiger partial charge in [-0.25, -0.2) is 0 Å². The SMILES string of the molecule is CC(=O)c1cccc2c1ccc1c3ccccc3ccc21. The van der Waals surface area contributed by atoms with E-state index < -0.39 is 0 Å². The van der Waals surface area contributed by atoms with Crippen LogP contribution in [0.5, 0.6) is 0 Å². The van der Waals surface area contributed by atoms with Crippen LogP contribution in [0.1, 0.15) is 17.3 Å². The first kappa shape index (κ1) is 12.1. The molecule has 0 saturated heterocycles. The molecule has 0 atom stereocenters. The third kappa shape index (κ3) is 1.74. The van der Waals surface area contributed by atoms with E-state index >= 15 is 0 Å². The molecule has 4 aromatic carbocycles. The van der Waals surface area contributed by atoms with Gasteiger partial charge in [-0.15, -0.1) is 0 Å². The van der Waals surface area contributed by atoms with Gasteiger partial charge in [0.15, 0.2) is 5.78 Å². The number of ketones is 1. The molecule has 4 aromatic rings. The van der Waals surface area contributed by atoms with Gasteiger partial charge >= 0.3 is 0 Å². The van der Waals surface area contributed by atoms with Crippen molar-refractivity contribution in [2.75, 3.05) is 0 Å². The number of benzene rings is 4. The molecule has 0 N–H and O–H groups in total. The minimum Gasteiger partial charge on any atom is -0.294 e. The largest absolute Gasteiger partial charge is 0.294 e. The molecule has 100 valence electrons. The lowest BCUT2D eigenvalue weighted by atomic mass is 9.94. The van der Waals surface area contributed by atoms with Gasteiger partial charge in [0, 0.05) is 5.56 Å². The molecular formula is C20H14O. The number of carbonyl (C=O) groups excluding carboxylic acids is 1. The lowest BCUT2D eigenvalue weighted by Crippen LogP contribution is -1.93. The summed E-state index contributed by atoms with van der Waals surface area (Å²) in [7, 11) is 0. The Morgan fingerprint density at radius 3 is 2.10 bits per heavy atom. The molecule has 0 aliphatic heterocycles. The smallest absolute Gasteiger partial charge is 0.160 e. The molecule has 0 heterocycles. The van der Waals surface area contributed by atoms with E-state index in [1.54, 1.807) is 6.92 Å². The van der Waals surface area contributed by atoms with Crippen molar-refractivity contribution in [3.05, 3.63) is 72.3 Å². The minimum atomic E-state index is 0.112. The average Bonchev–Trinajstić information content (AvgIpc) is 2.53. The van der Waals surface area contributed by atoms with Gasteiger partial charge in [-0.05, 0) is 39.2 Å². The first-order valence-electron chi connectivity index (χ1n) is 7.10. The van der Waals surface area contributed by atoms with Gasteiger partial charge in [-0.1, -0.05) is 66.7 Å². The second kappa shape index (κ2) is 4.42. The van der Waals surface area contributed by atoms with Crippen molar-refractivity contribution in [3.8, 4) is 0 Å². The fourth-order valence-corrected chi connectivity index (χ4v) is 3.16. The van der Waals surface area contributed by atoms with Gasteiger partial charge in [0.1, 0.15) is 0 Å². The van der Waals surface area contributed by atoms with Crippen LogP contribution in [0.4, 0.5) is 0 Å². The molecule has 1 heteroatoms. The molecular weight excluding hydrogens is 256 g/mol. The van der Waals surface area contributed by atoms with Crippen LogP contribution >= 0.6 is 0 Å². The maximum Gasteiger partial charge on any atom is 0.160 e. The van der Waals surface area contributed by atoms with E-state index in [1.807, 2.05) is 12.1 Å². The van der Waals surface area contributed by atoms with Crippen molar-refractivity contribution < 1.29 is 4.79 Å². The first-order chi connectivity index (χ1) is 10.3. The lowest BCUT2D eigenvalue weighted by molar-refractivity contribution is 0.101. The highest BCUT2D eigenvalue weighted by Crippen LogP contribution is 2.32. The van der Waals surface area contributed by atoms with Gasteiger partial charge in [0.25, 0.3) is 0 Å². The quantitative estimate of drug-likeness (QED) is 0.336. The summed E-state index contributed by atoms with van der Waals surface area (Å²) in [6.45, 7) is 1.62. The Morgan fingerprint density at radius 2 is 1.24 bits per heavy atom. The average molecular weight is 270 g/mol. The normalized spacial score (nSPS) is 11.3. The van der Waals surface area contributed by atoms with E-state index in [0.29, 0.717) is 0 Å². The molecule has 0 spiro atoms. The van der Waals surface area contributed by atoms with Gasteiger partial charge in [-0.2, -0.15) is 0 Å². The molecule has 0 aliphatic rings. The highest BCUT2D eigenvalue weighted by Gasteiger charge is 2.09. The van der Waals surface area contributed by atoms with Crippen LogP contribution in [0.3, 0.4) is 0 Å². The summed E-state index contributed by atoms with van der Waals surface area (Å²) in [6.07, 6.45) is 0. The molecule has 4 rings (SSSR count). The monoisotopic (exact) mass is 270 g/mol. The highest BCUT2D eigenvalue weighted by molar-refractivity contribution is 6.20. The van der Waals surface area contributed by atoms with E-state index in [9.17, 15) is 4.79 Å². The summed E-state index contributed by atoms with van der Waals surface area (Å²) < 4.78 is 0. The fourth-order valence-electron chi connectivity index (χ4n) is 3.16. The van der Waals surface area contributed by atoms with E-state index in [2.05, 4.69) is 54.6 Å². The van der Waals surface area contributed by atoms with Crippen molar-refractivity contribution >= 4 is 38.1 Å². The van der Waals surface area contributed by atoms with Crippen LogP contribution in [-0.2, 0) is 0 Å². The first-order valence-corrected chi connectivity index (χ1v) is 7.10. The van der Waals surface area contributed by atoms with Gasteiger partial charge < -0.3 is 0 Å². The van der Waals surface area contributed by atoms with Crippen LogP contribution in [0.2, 0.25) is 0 Å². The van der Waals surface area contributed by atoms with Crippen molar-refractivity contribution in [2.45, 2.75) is 6.92 Å². The number of hydrogen-bond acceptors (Lipinski definition) is 1. The predicted octanol–water partition coefficient (Wildman–Crippen LogP) is 5.35. The van der Waals surface area contributed by atoms with Crippen LogP contribution in [0.25, 0.3) is 32.3 Å². The van der Waals surface area contributed by atoms with Crippen LogP contribution < -0.4 is 0 Å². The zero-order chi connectivity index (χ0) is 14.4. The van der Waals surface area contributed by atoms with Crippen LogP contribution in [0.15, 0.2) is 66.7 Å². The molecule has 0 fully saturated rings. The van der Waals surface area contributed by atoms with Crippen molar-refractivity contribution in [2.24, 2.45) is 0 Å². The maximum absolute atomic E-state index is 11.8. The van der Waals surface area contributed by atoms with E-state index in [-0.39, 0.29) is 5.78 Å². The number of rotatable bonds is 1. The Kier molecular flexibility index (Phi) is 2.55. The Balaban J connectivity index is 2.23. The number of fused-ring (bicyclic) bond motifs is 5. The third-order valence-corrected chi connectivity index (χ3v) is 4.16. The van der Waals surface area contributed by atoms with Crippen LogP contribution in [0, 0.1) is 0 Å². The van der Waals surface area contributed by atoms with E-state index in [0.717, 1.165) is 16.3 Å². The Hall–Kier alpha value is -2.67. The van der Waals surface area contributed by atoms with Crippen molar-refractivity contribution in [3.63, 3.8) is 0 Å². The standard InChI is InChI=1S/C20H14O/c1-13(21)15-7-4-8-17-18(15)11-12-19-16-6-3-2-5-14(16)9-10-20(17)19/h2-12H,1H3. The maximum atomic E-state index is 11.8. The number of Topliss-reactive ketones (excluding diaryl/α,β-unsaturated/α-hetero) is 1. The summed E-state index contributed by atoms with van der Waals surface area (Å²) in [5.41, 5.74) is 0.794. The molecule has 0 amide bonds. The van der Waals surface area contributed by atoms with Gasteiger partial charge in [0.2, 0.25) is 0 Å². The molecule has 0 aliphatic carbocycles. The topological polar surface area (TPSA) is 17.1 Å². The molecule has 0 saturated carbocycles. The third-order valence-electron chi connectivity index (χ3n) is 4.16. The summed E-state index contributed by atoms with van der Waals surface area (Å²) in [6, 6.07) is 22.9. The lowest BCUT2D eigenvalue weighted by Gasteiger charge is -2.09. The zero-order valence-electron chi connectivity index (χ0n) is 11.8. The molecule has 0 bridgehead atoms. The molecule has 21 heavy (non-hydrogen) atoms. The van der Waals surface area contributed by atoms with Crippen LogP contribution in [-0.4, -0.2) is 5.78 Å². The summed E-state index contributed by atoms with van der Waals surface area (Å²) in [5, 5.41) is 7.12. The molecule has 1 nitrogen and oxygen atoms in total. The summed E-state index contributed by atoms with van der Waals surface area (Å²) in [5.74, 6) is 0.112. The van der Waals surface area contributed by atoms with E-state index in [1.165, 1.54) is 21.5 Å². The van der Waals surface area contributed by atoms with Gasteiger partial charge in [0.05, 0.1) is 0 Å². The molecule has 0 aromatic heterocycles. The Morgan fingerprint density at radius 1 is 0.619 bits per heavy atom. The van der Waals surface area contributed by atoms with E-state index in [4.69, 9.17) is 0 Å². The van der Waals surface area contributed by atoms with Crippen molar-refractivity contribution in [1.29, 1.82) is 0 Å². The summed E-state index contributed by atoms with van der Waals surface area (Å²) in [4.78, 5) is 11.8. The van der Waals surface area contributed by atoms with Gasteiger partial charge in [-0.3, -0.25) is 4.79 Å². The second-order valence-corrected chi connectivity index (χ2v) is 5.40. The second-order valence-electron chi connectivity index (χ2n) is 5.40. The van der Waals surface area contributed by atoms with Crippen molar-refractivity contribution in [1.82, 2.24) is 0 Å². The Labute approximate surface area is 122 Å². The molecule has 0 radical (unpaired) electrons. The predicted molar refractivity (Wildman–Crippen MR) is 89.0 cm³/mol. The fraction of sp³-hybridized carbons (Fsp3) is 0.0500. The summed E-state index contributed by atoms with van der Waals surface area (Å²) >= 11 is 0. The minimum absolute atomic E-state index is 0.112. The molecule has 0 unspecified atom stereocenters. The highest BCUT2D eigenvalue weighted by atomic mass is 16.1. The number of hydrogen-bond donors (Lipinski definition) is 0. The number of carbonyl (C=O) groups is 1. The zero-order valence-corrected chi connectivity index (χ0v) is 11.8. The Bertz CT molecular complexity index is 1010.